The van der Waals surface area contributed by atoms with Crippen molar-refractivity contribution in [3.63, 3.8) is 0 Å². The molecule has 0 bridgehead atoms. The summed E-state index contributed by atoms with van der Waals surface area (Å²) < 4.78 is 10.7. The highest BCUT2D eigenvalue weighted by Gasteiger charge is 2.20. The van der Waals surface area contributed by atoms with Gasteiger partial charge in [0.15, 0.2) is 0 Å². The molecule has 0 spiro atoms. The van der Waals surface area contributed by atoms with Crippen LogP contribution in [0, 0.1) is 0 Å². The quantitative estimate of drug-likeness (QED) is 0.621. The number of nitrogens with zero attached hydrogens (tertiary/aromatic N) is 2. The van der Waals surface area contributed by atoms with Gasteiger partial charge in [0.05, 0.1) is 36.3 Å². The molecule has 2 aromatic heterocycles. The minimum Gasteiger partial charge on any atom is -0.497 e. The fourth-order valence-corrected chi connectivity index (χ4v) is 3.68. The highest BCUT2D eigenvalue weighted by atomic mass is 32.1. The lowest BCUT2D eigenvalue weighted by Crippen LogP contribution is -2.32. The number of hydrogen-bond acceptors (Lipinski definition) is 6. The lowest BCUT2D eigenvalue weighted by Gasteiger charge is -2.22. The SMILES string of the molecule is COc1ccc(OC)c(CN(CCO)C(=O)c2ccc(-c3ccn[nH]3)s2)c1. The van der Waals surface area contributed by atoms with Gasteiger partial charge in [-0.2, -0.15) is 5.10 Å². The molecule has 0 aliphatic heterocycles. The lowest BCUT2D eigenvalue weighted by molar-refractivity contribution is 0.0711. The number of rotatable bonds is 8. The van der Waals surface area contributed by atoms with Gasteiger partial charge in [-0.05, 0) is 36.4 Å². The van der Waals surface area contributed by atoms with Crippen LogP contribution < -0.4 is 9.47 Å². The second-order valence-corrected chi connectivity index (χ2v) is 6.85. The number of ether oxygens (including phenoxy) is 2. The monoisotopic (exact) mass is 387 g/mol. The van der Waals surface area contributed by atoms with E-state index in [4.69, 9.17) is 9.47 Å². The Labute approximate surface area is 161 Å². The Balaban J connectivity index is 1.84. The number of aromatic nitrogens is 2. The Morgan fingerprint density at radius 3 is 2.74 bits per heavy atom. The fraction of sp³-hybridized carbons (Fsp3) is 0.263. The van der Waals surface area contributed by atoms with E-state index in [1.165, 1.54) is 11.3 Å². The number of aromatic amines is 1. The van der Waals surface area contributed by atoms with Crippen molar-refractivity contribution in [2.45, 2.75) is 6.54 Å². The first-order chi connectivity index (χ1) is 13.2. The molecule has 3 aromatic rings. The molecule has 0 atom stereocenters. The molecule has 2 heterocycles. The van der Waals surface area contributed by atoms with Crippen molar-refractivity contribution in [2.75, 3.05) is 27.4 Å². The Morgan fingerprint density at radius 2 is 2.07 bits per heavy atom. The zero-order valence-electron chi connectivity index (χ0n) is 15.1. The van der Waals surface area contributed by atoms with Crippen LogP contribution in [0.1, 0.15) is 15.2 Å². The van der Waals surface area contributed by atoms with E-state index in [0.29, 0.717) is 22.9 Å². The van der Waals surface area contributed by atoms with E-state index in [2.05, 4.69) is 10.2 Å². The smallest absolute Gasteiger partial charge is 0.264 e. The average molecular weight is 387 g/mol. The van der Waals surface area contributed by atoms with Gasteiger partial charge in [-0.15, -0.1) is 11.3 Å². The Kier molecular flexibility index (Phi) is 6.10. The highest BCUT2D eigenvalue weighted by Crippen LogP contribution is 2.29. The minimum absolute atomic E-state index is 0.128. The number of methoxy groups -OCH3 is 2. The van der Waals surface area contributed by atoms with Crippen LogP contribution in [-0.2, 0) is 6.54 Å². The second-order valence-electron chi connectivity index (χ2n) is 5.76. The standard InChI is InChI=1S/C19H21N3O4S/c1-25-14-3-4-16(26-2)13(11-14)12-22(9-10-23)19(24)18-6-5-17(27-18)15-7-8-20-21-15/h3-8,11,23H,9-10,12H2,1-2H3,(H,20,21). The molecule has 0 saturated carbocycles. The molecule has 0 radical (unpaired) electrons. The van der Waals surface area contributed by atoms with Crippen molar-refractivity contribution in [3.8, 4) is 22.1 Å². The first kappa shape index (κ1) is 18.9. The molecule has 0 aliphatic rings. The van der Waals surface area contributed by atoms with Crippen LogP contribution in [0.3, 0.4) is 0 Å². The van der Waals surface area contributed by atoms with Crippen molar-refractivity contribution >= 4 is 17.2 Å². The largest absolute Gasteiger partial charge is 0.497 e. The Bertz CT molecular complexity index is 892. The number of carbonyl (C=O) groups is 1. The summed E-state index contributed by atoms with van der Waals surface area (Å²) in [7, 11) is 3.17. The molecule has 3 rings (SSSR count). The van der Waals surface area contributed by atoms with Crippen molar-refractivity contribution in [2.24, 2.45) is 0 Å². The number of thiophene rings is 1. The van der Waals surface area contributed by atoms with Gasteiger partial charge in [-0.25, -0.2) is 0 Å². The predicted octanol–water partition coefficient (Wildman–Crippen LogP) is 2.79. The third-order valence-electron chi connectivity index (χ3n) is 4.09. The van der Waals surface area contributed by atoms with Gasteiger partial charge < -0.3 is 19.5 Å². The predicted molar refractivity (Wildman–Crippen MR) is 103 cm³/mol. The number of carbonyl (C=O) groups excluding carboxylic acids is 1. The fourth-order valence-electron chi connectivity index (χ4n) is 2.73. The molecule has 27 heavy (non-hydrogen) atoms. The summed E-state index contributed by atoms with van der Waals surface area (Å²) in [5.41, 5.74) is 1.67. The molecule has 0 fully saturated rings. The molecule has 8 heteroatoms. The number of hydrogen-bond donors (Lipinski definition) is 2. The zero-order valence-corrected chi connectivity index (χ0v) is 16.0. The minimum atomic E-state index is -0.148. The van der Waals surface area contributed by atoms with E-state index in [9.17, 15) is 9.90 Å². The number of H-pyrrole nitrogens is 1. The van der Waals surface area contributed by atoms with Gasteiger partial charge in [0.1, 0.15) is 11.5 Å². The summed E-state index contributed by atoms with van der Waals surface area (Å²) >= 11 is 1.38. The summed E-state index contributed by atoms with van der Waals surface area (Å²) in [6.45, 7) is 0.393. The Morgan fingerprint density at radius 1 is 1.22 bits per heavy atom. The first-order valence-electron chi connectivity index (χ1n) is 8.37. The molecule has 7 nitrogen and oxygen atoms in total. The number of aliphatic hydroxyl groups excluding tert-OH is 1. The molecule has 0 unspecified atom stereocenters. The van der Waals surface area contributed by atoms with E-state index in [1.54, 1.807) is 43.5 Å². The number of benzene rings is 1. The van der Waals surface area contributed by atoms with E-state index in [0.717, 1.165) is 16.1 Å². The molecule has 0 saturated heterocycles. The molecule has 2 N–H and O–H groups in total. The summed E-state index contributed by atoms with van der Waals surface area (Å²) in [6, 6.07) is 11.0. The van der Waals surface area contributed by atoms with Crippen LogP contribution in [-0.4, -0.2) is 53.5 Å². The summed E-state index contributed by atoms with van der Waals surface area (Å²) in [5, 5.41) is 16.3. The number of nitrogens with one attached hydrogen (secondary N) is 1. The molecule has 1 aromatic carbocycles. The first-order valence-corrected chi connectivity index (χ1v) is 9.18. The lowest BCUT2D eigenvalue weighted by atomic mass is 10.1. The summed E-state index contributed by atoms with van der Waals surface area (Å²) in [6.07, 6.45) is 1.67. The maximum Gasteiger partial charge on any atom is 0.264 e. The molecule has 1 amide bonds. The van der Waals surface area contributed by atoms with Crippen molar-refractivity contribution in [1.29, 1.82) is 0 Å². The van der Waals surface area contributed by atoms with E-state index >= 15 is 0 Å². The molecule has 142 valence electrons. The van der Waals surface area contributed by atoms with Gasteiger partial charge in [0.25, 0.3) is 5.91 Å². The van der Waals surface area contributed by atoms with Gasteiger partial charge in [0.2, 0.25) is 0 Å². The van der Waals surface area contributed by atoms with Gasteiger partial charge in [-0.3, -0.25) is 9.89 Å². The van der Waals surface area contributed by atoms with Crippen LogP contribution in [0.15, 0.2) is 42.6 Å². The topological polar surface area (TPSA) is 87.7 Å². The zero-order chi connectivity index (χ0) is 19.2. The number of aliphatic hydroxyl groups is 1. The van der Waals surface area contributed by atoms with Crippen LogP contribution in [0.5, 0.6) is 11.5 Å². The van der Waals surface area contributed by atoms with Crippen molar-refractivity contribution in [1.82, 2.24) is 15.1 Å². The van der Waals surface area contributed by atoms with E-state index in [1.807, 2.05) is 18.2 Å². The number of amides is 1. The van der Waals surface area contributed by atoms with Gasteiger partial charge in [-0.1, -0.05) is 0 Å². The normalized spacial score (nSPS) is 10.6. The average Bonchev–Trinajstić information content (AvgIpc) is 3.38. The van der Waals surface area contributed by atoms with Crippen LogP contribution in [0.25, 0.3) is 10.6 Å². The Hall–Kier alpha value is -2.84. The molecular formula is C19H21N3O4S. The van der Waals surface area contributed by atoms with Gasteiger partial charge >= 0.3 is 0 Å². The van der Waals surface area contributed by atoms with Crippen molar-refractivity contribution < 1.29 is 19.4 Å². The van der Waals surface area contributed by atoms with Crippen molar-refractivity contribution in [3.05, 3.63) is 53.0 Å². The second kappa shape index (κ2) is 8.70. The van der Waals surface area contributed by atoms with E-state index < -0.39 is 0 Å². The van der Waals surface area contributed by atoms with Gasteiger partial charge in [0, 0.05) is 24.8 Å². The molecular weight excluding hydrogens is 366 g/mol. The summed E-state index contributed by atoms with van der Waals surface area (Å²) in [4.78, 5) is 16.1. The summed E-state index contributed by atoms with van der Waals surface area (Å²) in [5.74, 6) is 1.19. The maximum atomic E-state index is 13.0. The highest BCUT2D eigenvalue weighted by molar-refractivity contribution is 7.17. The van der Waals surface area contributed by atoms with E-state index in [-0.39, 0.29) is 19.1 Å². The molecule has 0 aliphatic carbocycles. The third kappa shape index (κ3) is 4.29. The van der Waals surface area contributed by atoms with Crippen LogP contribution in [0.4, 0.5) is 0 Å². The maximum absolute atomic E-state index is 13.0. The van der Waals surface area contributed by atoms with Crippen LogP contribution in [0.2, 0.25) is 0 Å². The van der Waals surface area contributed by atoms with Crippen LogP contribution >= 0.6 is 11.3 Å². The third-order valence-corrected chi connectivity index (χ3v) is 5.20.